The van der Waals surface area contributed by atoms with Gasteiger partial charge in [-0.25, -0.2) is 0 Å². The van der Waals surface area contributed by atoms with E-state index >= 15 is 0 Å². The van der Waals surface area contributed by atoms with Crippen molar-refractivity contribution in [3.63, 3.8) is 0 Å². The fraction of sp³-hybridized carbons (Fsp3) is 0.379. The molecule has 3 rings (SSSR count). The Hall–Kier alpha value is -1.91. The van der Waals surface area contributed by atoms with Gasteiger partial charge in [0, 0.05) is 0 Å². The van der Waals surface area contributed by atoms with Crippen molar-refractivity contribution >= 4 is 23.8 Å². The number of aryl methyl sites for hydroxylation is 2. The maximum absolute atomic E-state index is 2.48. The summed E-state index contributed by atoms with van der Waals surface area (Å²) in [5.74, 6) is 0. The minimum Gasteiger partial charge on any atom is -0.0651 e. The summed E-state index contributed by atoms with van der Waals surface area (Å²) in [7, 11) is -0.564. The average molecular weight is 417 g/mol. The molecule has 0 saturated heterocycles. The van der Waals surface area contributed by atoms with Crippen LogP contribution in [-0.2, 0) is 19.3 Å². The van der Waals surface area contributed by atoms with Crippen LogP contribution in [0.1, 0.15) is 67.9 Å². The highest BCUT2D eigenvalue weighted by molar-refractivity contribution is 7.80. The highest BCUT2D eigenvalue weighted by Crippen LogP contribution is 2.38. The predicted molar refractivity (Wildman–Crippen MR) is 137 cm³/mol. The molecular formula is C29H37P. The molecule has 30 heavy (non-hydrogen) atoms. The Morgan fingerprint density at radius 3 is 1.93 bits per heavy atom. The monoisotopic (exact) mass is 416 g/mol. The molecule has 0 heterocycles. The molecule has 0 saturated carbocycles. The van der Waals surface area contributed by atoms with Crippen molar-refractivity contribution < 1.29 is 0 Å². The van der Waals surface area contributed by atoms with E-state index in [1.165, 1.54) is 60.3 Å². The van der Waals surface area contributed by atoms with Crippen LogP contribution in [0.3, 0.4) is 0 Å². The molecule has 0 N–H and O–H groups in total. The molecule has 3 aromatic rings. The highest BCUT2D eigenvalue weighted by atomic mass is 31.1. The zero-order valence-corrected chi connectivity index (χ0v) is 20.4. The van der Waals surface area contributed by atoms with E-state index in [0.717, 1.165) is 0 Å². The standard InChI is InChI=1S/C29H37P/c1-6-13-24-20-21-29(27(15-8-3)26(24)14-7-2)30(25-17-10-9-11-18-25)28-19-12-16-22(4)23(28)5/h9-12,16-21H,6-8,13-15H2,1-5H3. The van der Waals surface area contributed by atoms with E-state index in [0.29, 0.717) is 0 Å². The molecule has 0 nitrogen and oxygen atoms in total. The van der Waals surface area contributed by atoms with Gasteiger partial charge in [-0.3, -0.25) is 0 Å². The Balaban J connectivity index is 2.30. The van der Waals surface area contributed by atoms with Crippen molar-refractivity contribution in [1.29, 1.82) is 0 Å². The topological polar surface area (TPSA) is 0 Å². The molecule has 0 aliphatic heterocycles. The van der Waals surface area contributed by atoms with Crippen molar-refractivity contribution in [3.8, 4) is 0 Å². The van der Waals surface area contributed by atoms with Crippen LogP contribution in [0.4, 0.5) is 0 Å². The van der Waals surface area contributed by atoms with Gasteiger partial charge in [0.25, 0.3) is 0 Å². The van der Waals surface area contributed by atoms with E-state index in [4.69, 9.17) is 0 Å². The molecule has 0 fully saturated rings. The molecule has 0 aliphatic carbocycles. The molecule has 158 valence electrons. The minimum atomic E-state index is -0.564. The lowest BCUT2D eigenvalue weighted by Gasteiger charge is -2.27. The molecule has 0 aliphatic rings. The zero-order valence-electron chi connectivity index (χ0n) is 19.5. The smallest absolute Gasteiger partial charge is 0.0116 e. The van der Waals surface area contributed by atoms with Crippen molar-refractivity contribution in [1.82, 2.24) is 0 Å². The summed E-state index contributed by atoms with van der Waals surface area (Å²) >= 11 is 0. The zero-order chi connectivity index (χ0) is 21.5. The molecular weight excluding hydrogens is 379 g/mol. The molecule has 0 radical (unpaired) electrons. The van der Waals surface area contributed by atoms with Crippen molar-refractivity contribution in [2.75, 3.05) is 0 Å². The van der Waals surface area contributed by atoms with Gasteiger partial charge in [-0.2, -0.15) is 0 Å². The summed E-state index contributed by atoms with van der Waals surface area (Å²) in [5.41, 5.74) is 7.71. The van der Waals surface area contributed by atoms with Crippen LogP contribution in [0.2, 0.25) is 0 Å². The molecule has 0 aromatic heterocycles. The second-order valence-corrected chi connectivity index (χ2v) is 10.5. The molecule has 1 atom stereocenters. The Morgan fingerprint density at radius 1 is 0.600 bits per heavy atom. The lowest BCUT2D eigenvalue weighted by atomic mass is 9.92. The second-order valence-electron chi connectivity index (χ2n) is 8.34. The quantitative estimate of drug-likeness (QED) is 0.332. The summed E-state index contributed by atoms with van der Waals surface area (Å²) in [6.45, 7) is 11.5. The van der Waals surface area contributed by atoms with E-state index in [2.05, 4.69) is 95.3 Å². The third-order valence-electron chi connectivity index (χ3n) is 6.10. The van der Waals surface area contributed by atoms with E-state index < -0.39 is 7.92 Å². The predicted octanol–water partition coefficient (Wildman–Crippen LogP) is 6.92. The van der Waals surface area contributed by atoms with Crippen LogP contribution in [-0.4, -0.2) is 0 Å². The van der Waals surface area contributed by atoms with E-state index in [9.17, 15) is 0 Å². The van der Waals surface area contributed by atoms with Gasteiger partial charge in [0.2, 0.25) is 0 Å². The van der Waals surface area contributed by atoms with Gasteiger partial charge in [-0.05, 0) is 84.8 Å². The van der Waals surface area contributed by atoms with Crippen LogP contribution in [0.5, 0.6) is 0 Å². The maximum Gasteiger partial charge on any atom is -0.0116 e. The van der Waals surface area contributed by atoms with Crippen molar-refractivity contribution in [2.24, 2.45) is 0 Å². The second kappa shape index (κ2) is 10.9. The number of hydrogen-bond donors (Lipinski definition) is 0. The van der Waals surface area contributed by atoms with E-state index in [1.807, 2.05) is 0 Å². The van der Waals surface area contributed by atoms with Gasteiger partial charge in [-0.1, -0.05) is 101 Å². The first-order valence-electron chi connectivity index (χ1n) is 11.7. The average Bonchev–Trinajstić information content (AvgIpc) is 2.76. The number of hydrogen-bond acceptors (Lipinski definition) is 0. The third kappa shape index (κ3) is 4.87. The Bertz CT molecular complexity index is 956. The fourth-order valence-electron chi connectivity index (χ4n) is 4.50. The molecule has 1 heteroatoms. The third-order valence-corrected chi connectivity index (χ3v) is 8.78. The van der Waals surface area contributed by atoms with Gasteiger partial charge < -0.3 is 0 Å². The summed E-state index contributed by atoms with van der Waals surface area (Å²) in [6.07, 6.45) is 7.20. The molecule has 3 aromatic carbocycles. The minimum absolute atomic E-state index is 0.564. The first-order chi connectivity index (χ1) is 14.6. The van der Waals surface area contributed by atoms with Crippen LogP contribution in [0.25, 0.3) is 0 Å². The fourth-order valence-corrected chi connectivity index (χ4v) is 7.27. The normalized spacial score (nSPS) is 12.2. The van der Waals surface area contributed by atoms with Crippen molar-refractivity contribution in [2.45, 2.75) is 73.1 Å². The Labute approximate surface area is 185 Å². The largest absolute Gasteiger partial charge is 0.0651 e. The van der Waals surface area contributed by atoms with Crippen LogP contribution in [0, 0.1) is 13.8 Å². The first kappa shape index (κ1) is 22.8. The molecule has 0 amide bonds. The van der Waals surface area contributed by atoms with Gasteiger partial charge in [-0.15, -0.1) is 0 Å². The molecule has 1 unspecified atom stereocenters. The van der Waals surface area contributed by atoms with Gasteiger partial charge >= 0.3 is 0 Å². The number of rotatable bonds is 9. The van der Waals surface area contributed by atoms with Gasteiger partial charge in [0.05, 0.1) is 0 Å². The van der Waals surface area contributed by atoms with Crippen molar-refractivity contribution in [3.05, 3.63) is 88.5 Å². The molecule has 0 spiro atoms. The SMILES string of the molecule is CCCc1ccc(P(c2ccccc2)c2cccc(C)c2C)c(CCC)c1CCC. The lowest BCUT2D eigenvalue weighted by molar-refractivity contribution is 0.829. The Morgan fingerprint density at radius 2 is 1.27 bits per heavy atom. The lowest BCUT2D eigenvalue weighted by Crippen LogP contribution is -2.27. The number of benzene rings is 3. The molecule has 0 bridgehead atoms. The van der Waals surface area contributed by atoms with E-state index in [-0.39, 0.29) is 0 Å². The summed E-state index contributed by atoms with van der Waals surface area (Å²) in [4.78, 5) is 0. The Kier molecular flexibility index (Phi) is 8.29. The maximum atomic E-state index is 2.48. The highest BCUT2D eigenvalue weighted by Gasteiger charge is 2.23. The van der Waals surface area contributed by atoms with Crippen LogP contribution >= 0.6 is 7.92 Å². The summed E-state index contributed by atoms with van der Waals surface area (Å²) in [6, 6.07) is 23.0. The van der Waals surface area contributed by atoms with Gasteiger partial charge in [0.1, 0.15) is 0 Å². The van der Waals surface area contributed by atoms with Gasteiger partial charge in [0.15, 0.2) is 0 Å². The summed E-state index contributed by atoms with van der Waals surface area (Å²) < 4.78 is 0. The first-order valence-corrected chi connectivity index (χ1v) is 13.0. The van der Waals surface area contributed by atoms with Crippen LogP contribution in [0.15, 0.2) is 60.7 Å². The van der Waals surface area contributed by atoms with Crippen LogP contribution < -0.4 is 15.9 Å². The summed E-state index contributed by atoms with van der Waals surface area (Å²) in [5, 5.41) is 4.55. The van der Waals surface area contributed by atoms with E-state index in [1.54, 1.807) is 22.0 Å².